The molecule has 1 aromatic carbocycles. The summed E-state index contributed by atoms with van der Waals surface area (Å²) in [7, 11) is 0. The average Bonchev–Trinajstić information content (AvgIpc) is 2.06. The van der Waals surface area contributed by atoms with Crippen molar-refractivity contribution in [1.29, 1.82) is 0 Å². The van der Waals surface area contributed by atoms with Crippen molar-refractivity contribution < 1.29 is 0 Å². The van der Waals surface area contributed by atoms with Gasteiger partial charge in [-0.25, -0.2) is 0 Å². The van der Waals surface area contributed by atoms with Crippen LogP contribution in [0.5, 0.6) is 0 Å². The molecule has 1 rings (SSSR count). The Bertz CT molecular complexity index is 249. The molecule has 0 bridgehead atoms. The van der Waals surface area contributed by atoms with E-state index in [1.54, 1.807) is 0 Å². The summed E-state index contributed by atoms with van der Waals surface area (Å²) < 4.78 is 0. The smallest absolute Gasteiger partial charge is 0.00518 e. The number of thioether (sulfide) groups is 1. The van der Waals surface area contributed by atoms with Crippen LogP contribution in [0.4, 0.5) is 0 Å². The van der Waals surface area contributed by atoms with Crippen LogP contribution in [0.1, 0.15) is 19.4 Å². The van der Waals surface area contributed by atoms with Crippen LogP contribution in [-0.4, -0.2) is 5.75 Å². The molecule has 0 saturated carbocycles. The SMILES string of the molecule is CCSC(C)=Cc1ccccc1. The van der Waals surface area contributed by atoms with Crippen molar-refractivity contribution >= 4 is 17.8 Å². The molecule has 0 saturated heterocycles. The van der Waals surface area contributed by atoms with Gasteiger partial charge in [0.2, 0.25) is 0 Å². The van der Waals surface area contributed by atoms with E-state index in [4.69, 9.17) is 0 Å². The quantitative estimate of drug-likeness (QED) is 0.678. The van der Waals surface area contributed by atoms with Gasteiger partial charge >= 0.3 is 0 Å². The normalized spacial score (nSPS) is 11.7. The Hall–Kier alpha value is -0.690. The van der Waals surface area contributed by atoms with Gasteiger partial charge < -0.3 is 0 Å². The molecule has 1 aromatic rings. The monoisotopic (exact) mass is 178 g/mol. The number of benzene rings is 1. The fraction of sp³-hybridized carbons (Fsp3) is 0.273. The summed E-state index contributed by atoms with van der Waals surface area (Å²) in [5.74, 6) is 1.15. The predicted octanol–water partition coefficient (Wildman–Crippen LogP) is 3.80. The minimum atomic E-state index is 1.15. The zero-order chi connectivity index (χ0) is 8.81. The molecular formula is C11H14S. The summed E-state index contributed by atoms with van der Waals surface area (Å²) in [5.41, 5.74) is 1.29. The molecule has 0 radical (unpaired) electrons. The van der Waals surface area contributed by atoms with Gasteiger partial charge in [0.05, 0.1) is 0 Å². The maximum absolute atomic E-state index is 2.22. The van der Waals surface area contributed by atoms with Crippen LogP contribution in [0.25, 0.3) is 6.08 Å². The zero-order valence-electron chi connectivity index (χ0n) is 7.58. The molecule has 0 aliphatic heterocycles. The molecule has 0 nitrogen and oxygen atoms in total. The van der Waals surface area contributed by atoms with Crippen molar-refractivity contribution in [2.24, 2.45) is 0 Å². The van der Waals surface area contributed by atoms with E-state index in [-0.39, 0.29) is 0 Å². The number of allylic oxidation sites excluding steroid dienone is 1. The van der Waals surface area contributed by atoms with Crippen LogP contribution < -0.4 is 0 Å². The fourth-order valence-corrected chi connectivity index (χ4v) is 1.73. The zero-order valence-corrected chi connectivity index (χ0v) is 8.40. The molecule has 0 aromatic heterocycles. The van der Waals surface area contributed by atoms with Crippen LogP contribution in [0.3, 0.4) is 0 Å². The molecule has 0 unspecified atom stereocenters. The van der Waals surface area contributed by atoms with E-state index in [0.717, 1.165) is 5.75 Å². The van der Waals surface area contributed by atoms with E-state index in [9.17, 15) is 0 Å². The van der Waals surface area contributed by atoms with E-state index in [0.29, 0.717) is 0 Å². The lowest BCUT2D eigenvalue weighted by atomic mass is 10.2. The number of hydrogen-bond acceptors (Lipinski definition) is 1. The third-order valence-corrected chi connectivity index (χ3v) is 2.40. The molecule has 0 fully saturated rings. The maximum atomic E-state index is 2.22. The first-order valence-corrected chi connectivity index (χ1v) is 5.17. The summed E-state index contributed by atoms with van der Waals surface area (Å²) in [5, 5.41) is 0. The first kappa shape index (κ1) is 9.40. The van der Waals surface area contributed by atoms with Gasteiger partial charge in [-0.05, 0) is 29.2 Å². The van der Waals surface area contributed by atoms with Crippen LogP contribution >= 0.6 is 11.8 Å². The standard InChI is InChI=1S/C11H14S/c1-3-12-10(2)9-11-7-5-4-6-8-11/h4-9H,3H2,1-2H3. The minimum Gasteiger partial charge on any atom is -0.131 e. The van der Waals surface area contributed by atoms with E-state index in [2.05, 4.69) is 44.2 Å². The Balaban J connectivity index is 2.67. The molecule has 0 spiro atoms. The Labute approximate surface area is 78.7 Å². The van der Waals surface area contributed by atoms with Gasteiger partial charge in [-0.15, -0.1) is 11.8 Å². The predicted molar refractivity (Wildman–Crippen MR) is 58.2 cm³/mol. The first-order chi connectivity index (χ1) is 5.83. The molecule has 0 atom stereocenters. The van der Waals surface area contributed by atoms with Crippen LogP contribution in [0.15, 0.2) is 35.2 Å². The maximum Gasteiger partial charge on any atom is -0.00518 e. The van der Waals surface area contributed by atoms with Crippen molar-refractivity contribution in [1.82, 2.24) is 0 Å². The number of hydrogen-bond donors (Lipinski definition) is 0. The highest BCUT2D eigenvalue weighted by molar-refractivity contribution is 8.03. The minimum absolute atomic E-state index is 1.15. The highest BCUT2D eigenvalue weighted by Gasteiger charge is 1.88. The van der Waals surface area contributed by atoms with Crippen molar-refractivity contribution in [3.63, 3.8) is 0 Å². The van der Waals surface area contributed by atoms with Gasteiger partial charge in [0.1, 0.15) is 0 Å². The lowest BCUT2D eigenvalue weighted by Gasteiger charge is -1.97. The molecule has 64 valence electrons. The Kier molecular flexibility index (Phi) is 3.95. The summed E-state index contributed by atoms with van der Waals surface area (Å²) >= 11 is 1.89. The lowest BCUT2D eigenvalue weighted by molar-refractivity contribution is 1.52. The summed E-state index contributed by atoms with van der Waals surface area (Å²) in [4.78, 5) is 1.38. The van der Waals surface area contributed by atoms with Crippen LogP contribution in [-0.2, 0) is 0 Å². The molecular weight excluding hydrogens is 164 g/mol. The molecule has 0 N–H and O–H groups in total. The van der Waals surface area contributed by atoms with Gasteiger partial charge in [0.15, 0.2) is 0 Å². The van der Waals surface area contributed by atoms with Crippen molar-refractivity contribution in [3.8, 4) is 0 Å². The van der Waals surface area contributed by atoms with Gasteiger partial charge in [-0.2, -0.15) is 0 Å². The van der Waals surface area contributed by atoms with Crippen molar-refractivity contribution in [3.05, 3.63) is 40.8 Å². The fourth-order valence-electron chi connectivity index (χ4n) is 1.05. The van der Waals surface area contributed by atoms with Gasteiger partial charge in [0.25, 0.3) is 0 Å². The largest absolute Gasteiger partial charge is 0.131 e. The van der Waals surface area contributed by atoms with Gasteiger partial charge in [-0.3, -0.25) is 0 Å². The first-order valence-electron chi connectivity index (χ1n) is 4.19. The molecule has 0 amide bonds. The van der Waals surface area contributed by atoms with Crippen LogP contribution in [0.2, 0.25) is 0 Å². The Morgan fingerprint density at radius 2 is 2.00 bits per heavy atom. The lowest BCUT2D eigenvalue weighted by Crippen LogP contribution is -1.73. The molecule has 1 heteroatoms. The second-order valence-electron chi connectivity index (χ2n) is 2.60. The highest BCUT2D eigenvalue weighted by atomic mass is 32.2. The van der Waals surface area contributed by atoms with E-state index < -0.39 is 0 Å². The van der Waals surface area contributed by atoms with Gasteiger partial charge in [-0.1, -0.05) is 37.3 Å². The molecule has 0 aliphatic carbocycles. The van der Waals surface area contributed by atoms with Gasteiger partial charge in [0, 0.05) is 0 Å². The molecule has 12 heavy (non-hydrogen) atoms. The van der Waals surface area contributed by atoms with E-state index >= 15 is 0 Å². The highest BCUT2D eigenvalue weighted by Crippen LogP contribution is 2.17. The van der Waals surface area contributed by atoms with E-state index in [1.807, 2.05) is 17.8 Å². The number of rotatable bonds is 3. The summed E-state index contributed by atoms with van der Waals surface area (Å²) in [6, 6.07) is 10.4. The van der Waals surface area contributed by atoms with E-state index in [1.165, 1.54) is 10.5 Å². The Morgan fingerprint density at radius 3 is 2.58 bits per heavy atom. The third-order valence-electron chi connectivity index (χ3n) is 1.54. The molecule has 0 heterocycles. The Morgan fingerprint density at radius 1 is 1.33 bits per heavy atom. The summed E-state index contributed by atoms with van der Waals surface area (Å²) in [6.07, 6.45) is 2.22. The second-order valence-corrected chi connectivity index (χ2v) is 4.11. The molecule has 0 aliphatic rings. The second kappa shape index (κ2) is 5.04. The van der Waals surface area contributed by atoms with Crippen LogP contribution in [0, 0.1) is 0 Å². The van der Waals surface area contributed by atoms with Crippen molar-refractivity contribution in [2.75, 3.05) is 5.75 Å². The third kappa shape index (κ3) is 3.14. The summed E-state index contributed by atoms with van der Waals surface area (Å²) in [6.45, 7) is 4.33. The average molecular weight is 178 g/mol. The van der Waals surface area contributed by atoms with Crippen molar-refractivity contribution in [2.45, 2.75) is 13.8 Å². The topological polar surface area (TPSA) is 0 Å².